The Morgan fingerprint density at radius 3 is 2.52 bits per heavy atom. The van der Waals surface area contributed by atoms with Crippen LogP contribution >= 0.6 is 12.4 Å². The zero-order chi connectivity index (χ0) is 13.9. The number of hydroxylamine groups is 1. The number of halogens is 1. The van der Waals surface area contributed by atoms with Gasteiger partial charge in [0.25, 0.3) is 0 Å². The molecule has 1 atom stereocenters. The molecule has 118 valence electrons. The molecule has 0 aromatic heterocycles. The minimum atomic E-state index is -0.444. The van der Waals surface area contributed by atoms with Gasteiger partial charge in [0.15, 0.2) is 0 Å². The van der Waals surface area contributed by atoms with E-state index in [2.05, 4.69) is 5.48 Å². The minimum Gasteiger partial charge on any atom is -0.468 e. The van der Waals surface area contributed by atoms with E-state index in [-0.39, 0.29) is 25.8 Å². The second-order valence-electron chi connectivity index (χ2n) is 4.25. The third-order valence-corrected chi connectivity index (χ3v) is 2.74. The average molecular weight is 315 g/mol. The van der Waals surface area contributed by atoms with Gasteiger partial charge in [-0.3, -0.25) is 9.63 Å². The molecule has 0 bridgehead atoms. The number of hydrogen-bond acceptors (Lipinski definition) is 5. The Kier molecular flexibility index (Phi) is 14.6. The summed E-state index contributed by atoms with van der Waals surface area (Å²) in [5.74, 6) is -0.315. The number of benzene rings is 1. The SMILES string of the molecule is COC(=O)[C@H](CCCCN)NOCc1ccccc1.Cl.[C]. The molecule has 0 saturated carbocycles. The number of esters is 1. The van der Waals surface area contributed by atoms with Gasteiger partial charge in [-0.25, -0.2) is 0 Å². The summed E-state index contributed by atoms with van der Waals surface area (Å²) in [5, 5.41) is 0. The molecule has 0 unspecified atom stereocenters. The summed E-state index contributed by atoms with van der Waals surface area (Å²) in [4.78, 5) is 16.9. The van der Waals surface area contributed by atoms with Crippen LogP contribution in [0, 0.1) is 7.43 Å². The highest BCUT2D eigenvalue weighted by atomic mass is 35.5. The Morgan fingerprint density at radius 2 is 1.95 bits per heavy atom. The highest BCUT2D eigenvalue weighted by Gasteiger charge is 2.18. The fourth-order valence-corrected chi connectivity index (χ4v) is 1.66. The van der Waals surface area contributed by atoms with Crippen LogP contribution in [-0.2, 0) is 21.0 Å². The molecule has 21 heavy (non-hydrogen) atoms. The monoisotopic (exact) mass is 314 g/mol. The Bertz CT molecular complexity index is 363. The summed E-state index contributed by atoms with van der Waals surface area (Å²) in [7, 11) is 1.37. The Labute approximate surface area is 133 Å². The van der Waals surface area contributed by atoms with Crippen LogP contribution in [0.2, 0.25) is 0 Å². The van der Waals surface area contributed by atoms with E-state index in [1.54, 1.807) is 0 Å². The van der Waals surface area contributed by atoms with Crippen LogP contribution in [0.4, 0.5) is 0 Å². The molecule has 1 aromatic rings. The summed E-state index contributed by atoms with van der Waals surface area (Å²) < 4.78 is 4.73. The van der Waals surface area contributed by atoms with E-state index < -0.39 is 6.04 Å². The van der Waals surface area contributed by atoms with E-state index in [0.29, 0.717) is 19.6 Å². The number of rotatable bonds is 9. The van der Waals surface area contributed by atoms with Gasteiger partial charge in [0.1, 0.15) is 6.04 Å². The smallest absolute Gasteiger partial charge is 0.325 e. The number of ether oxygens (including phenoxy) is 1. The molecule has 0 heterocycles. The number of nitrogens with one attached hydrogen (secondary N) is 1. The van der Waals surface area contributed by atoms with Crippen molar-refractivity contribution in [1.82, 2.24) is 5.48 Å². The second-order valence-corrected chi connectivity index (χ2v) is 4.25. The summed E-state index contributed by atoms with van der Waals surface area (Å²) >= 11 is 0. The molecule has 3 N–H and O–H groups in total. The number of unbranched alkanes of at least 4 members (excludes halogenated alkanes) is 1. The summed E-state index contributed by atoms with van der Waals surface area (Å²) in [6.45, 7) is 1.03. The first kappa shape index (κ1) is 22.1. The van der Waals surface area contributed by atoms with Crippen molar-refractivity contribution in [2.75, 3.05) is 13.7 Å². The minimum absolute atomic E-state index is 0. The maximum atomic E-state index is 11.6. The molecule has 1 aromatic carbocycles. The first-order valence-corrected chi connectivity index (χ1v) is 6.47. The molecule has 0 saturated heterocycles. The molecule has 0 aliphatic heterocycles. The Balaban J connectivity index is 0. The normalized spacial score (nSPS) is 11.0. The highest BCUT2D eigenvalue weighted by Crippen LogP contribution is 2.04. The van der Waals surface area contributed by atoms with Gasteiger partial charge in [-0.1, -0.05) is 30.3 Å². The van der Waals surface area contributed by atoms with Crippen LogP contribution in [0.15, 0.2) is 30.3 Å². The lowest BCUT2D eigenvalue weighted by molar-refractivity contribution is -0.148. The molecule has 0 aliphatic rings. The van der Waals surface area contributed by atoms with Gasteiger partial charge in [0, 0.05) is 7.43 Å². The lowest BCUT2D eigenvalue weighted by Gasteiger charge is -2.16. The average Bonchev–Trinajstić information content (AvgIpc) is 2.46. The van der Waals surface area contributed by atoms with Gasteiger partial charge in [-0.15, -0.1) is 12.4 Å². The van der Waals surface area contributed by atoms with Crippen LogP contribution in [0.5, 0.6) is 0 Å². The highest BCUT2D eigenvalue weighted by molar-refractivity contribution is 5.85. The molecule has 1 rings (SSSR count). The second kappa shape index (κ2) is 13.8. The molecule has 5 nitrogen and oxygen atoms in total. The lowest BCUT2D eigenvalue weighted by Crippen LogP contribution is -2.37. The van der Waals surface area contributed by atoms with Crippen molar-refractivity contribution in [3.05, 3.63) is 43.3 Å². The number of nitrogens with two attached hydrogens (primary N) is 1. The van der Waals surface area contributed by atoms with Crippen molar-refractivity contribution in [3.63, 3.8) is 0 Å². The quantitative estimate of drug-likeness (QED) is 0.413. The molecule has 0 fully saturated rings. The van der Waals surface area contributed by atoms with E-state index in [9.17, 15) is 4.79 Å². The first-order valence-electron chi connectivity index (χ1n) is 6.47. The predicted octanol–water partition coefficient (Wildman–Crippen LogP) is 1.88. The number of carbonyl (C=O) groups excluding carboxylic acids is 1. The van der Waals surface area contributed by atoms with Crippen molar-refractivity contribution in [1.29, 1.82) is 0 Å². The maximum Gasteiger partial charge on any atom is 0.325 e. The fourth-order valence-electron chi connectivity index (χ4n) is 1.66. The Morgan fingerprint density at radius 1 is 1.29 bits per heavy atom. The number of hydrogen-bond donors (Lipinski definition) is 2. The number of methoxy groups -OCH3 is 1. The Hall–Kier alpha value is -1.14. The molecule has 0 spiro atoms. The van der Waals surface area contributed by atoms with Gasteiger partial charge in [0.2, 0.25) is 0 Å². The topological polar surface area (TPSA) is 73.6 Å². The largest absolute Gasteiger partial charge is 0.468 e. The van der Waals surface area contributed by atoms with E-state index in [4.69, 9.17) is 15.3 Å². The van der Waals surface area contributed by atoms with Gasteiger partial charge < -0.3 is 10.5 Å². The van der Waals surface area contributed by atoms with Gasteiger partial charge in [0.05, 0.1) is 13.7 Å². The van der Waals surface area contributed by atoms with Crippen molar-refractivity contribution >= 4 is 18.4 Å². The summed E-state index contributed by atoms with van der Waals surface area (Å²) in [6, 6.07) is 9.31. The van der Waals surface area contributed by atoms with Crippen molar-refractivity contribution in [2.24, 2.45) is 5.73 Å². The third kappa shape index (κ3) is 9.42. The molecule has 4 radical (unpaired) electrons. The van der Waals surface area contributed by atoms with Gasteiger partial charge in [-0.05, 0) is 31.4 Å². The standard InChI is InChI=1S/C14H22N2O3.C.ClH/c1-18-14(17)13(9-5-6-10-15)16-19-11-12-7-3-2-4-8-12;;/h2-4,7-8,13,16H,5-6,9-11,15H2,1H3;;1H/t13-;;/m0../s1. The van der Waals surface area contributed by atoms with Crippen molar-refractivity contribution < 1.29 is 14.4 Å². The van der Waals surface area contributed by atoms with Crippen LogP contribution < -0.4 is 11.2 Å². The molecule has 6 heteroatoms. The van der Waals surface area contributed by atoms with Crippen LogP contribution in [0.1, 0.15) is 24.8 Å². The third-order valence-electron chi connectivity index (χ3n) is 2.74. The molecular formula is C15H23ClN2O3. The zero-order valence-electron chi connectivity index (χ0n) is 12.2. The predicted molar refractivity (Wildman–Crippen MR) is 83.6 cm³/mol. The zero-order valence-corrected chi connectivity index (χ0v) is 13.0. The van der Waals surface area contributed by atoms with Crippen molar-refractivity contribution in [2.45, 2.75) is 31.9 Å². The van der Waals surface area contributed by atoms with E-state index in [1.165, 1.54) is 7.11 Å². The molecular weight excluding hydrogens is 292 g/mol. The van der Waals surface area contributed by atoms with Crippen LogP contribution in [-0.4, -0.2) is 25.7 Å². The maximum absolute atomic E-state index is 11.6. The van der Waals surface area contributed by atoms with E-state index >= 15 is 0 Å². The van der Waals surface area contributed by atoms with Crippen LogP contribution in [0.25, 0.3) is 0 Å². The van der Waals surface area contributed by atoms with Crippen LogP contribution in [0.3, 0.4) is 0 Å². The van der Waals surface area contributed by atoms with Gasteiger partial charge in [-0.2, -0.15) is 5.48 Å². The molecule has 0 aliphatic carbocycles. The van der Waals surface area contributed by atoms with Crippen molar-refractivity contribution in [3.8, 4) is 0 Å². The number of carbonyl (C=O) groups is 1. The van der Waals surface area contributed by atoms with E-state index in [1.807, 2.05) is 30.3 Å². The van der Waals surface area contributed by atoms with E-state index in [0.717, 1.165) is 18.4 Å². The lowest BCUT2D eigenvalue weighted by atomic mass is 10.1. The van der Waals surface area contributed by atoms with Gasteiger partial charge >= 0.3 is 5.97 Å². The first-order chi connectivity index (χ1) is 9.27. The summed E-state index contributed by atoms with van der Waals surface area (Å²) in [5.41, 5.74) is 9.24. The molecule has 0 amide bonds. The summed E-state index contributed by atoms with van der Waals surface area (Å²) in [6.07, 6.45) is 2.39. The fraction of sp³-hybridized carbons (Fsp3) is 0.467.